The Morgan fingerprint density at radius 1 is 1.17 bits per heavy atom. The monoisotopic (exact) mass is 502 g/mol. The smallest absolute Gasteiger partial charge is 0.406 e. The number of fused-ring (bicyclic) bond motifs is 1. The molecule has 8 nitrogen and oxygen atoms in total. The Morgan fingerprint density at radius 3 is 2.43 bits per heavy atom. The number of pyridine rings is 1. The van der Waals surface area contributed by atoms with E-state index in [1.54, 1.807) is 18.2 Å². The van der Waals surface area contributed by atoms with Crippen LogP contribution < -0.4 is 21.8 Å². The molecule has 0 radical (unpaired) electrons. The number of hydrogen-bond acceptors (Lipinski definition) is 7. The van der Waals surface area contributed by atoms with Crippen LogP contribution in [0.1, 0.15) is 18.2 Å². The molecule has 0 spiro atoms. The minimum Gasteiger partial charge on any atom is -0.406 e. The van der Waals surface area contributed by atoms with Crippen LogP contribution in [0.5, 0.6) is 5.75 Å². The molecule has 12 heteroatoms. The molecule has 35 heavy (non-hydrogen) atoms. The van der Waals surface area contributed by atoms with E-state index in [2.05, 4.69) is 14.7 Å². The Morgan fingerprint density at radius 2 is 1.86 bits per heavy atom. The third-order valence-corrected chi connectivity index (χ3v) is 5.04. The van der Waals surface area contributed by atoms with Gasteiger partial charge in [0.2, 0.25) is 5.95 Å². The number of nitrogens with two attached hydrogens (primary N) is 2. The van der Waals surface area contributed by atoms with Crippen molar-refractivity contribution >= 4 is 34.1 Å². The standard InChI is InChI=1S/C18H13ClF3NO2.C5H5N5/c1-2-12-10-11-4-3-5-15(19)16(11)17(24)23(12)13-6-8-14(9-7-13)25-18(20,21)22;6-1-3-2-9-5(8)10-4(3)7/h3-10H,2H2,1H3;2H,(H4,7,8,9,10). The molecule has 0 bridgehead atoms. The van der Waals surface area contributed by atoms with Crippen LogP contribution in [0.3, 0.4) is 0 Å². The molecule has 0 aliphatic rings. The molecule has 0 aliphatic heterocycles. The van der Waals surface area contributed by atoms with Crippen LogP contribution in [0.2, 0.25) is 5.02 Å². The Kier molecular flexibility index (Phi) is 7.46. The first-order valence-corrected chi connectivity index (χ1v) is 10.4. The van der Waals surface area contributed by atoms with Crippen LogP contribution in [0.25, 0.3) is 16.5 Å². The highest BCUT2D eigenvalue weighted by molar-refractivity contribution is 6.35. The summed E-state index contributed by atoms with van der Waals surface area (Å²) in [7, 11) is 0. The summed E-state index contributed by atoms with van der Waals surface area (Å²) >= 11 is 6.16. The fourth-order valence-corrected chi connectivity index (χ4v) is 3.47. The number of rotatable bonds is 3. The average molecular weight is 503 g/mol. The SMILES string of the molecule is CCc1cc2cccc(Cl)c2c(=O)n1-c1ccc(OC(F)(F)F)cc1.N#Cc1cnc(N)nc1N. The Hall–Kier alpha value is -4.30. The Balaban J connectivity index is 0.000000287. The number of alkyl halides is 3. The number of nitriles is 1. The molecule has 0 amide bonds. The topological polar surface area (TPSA) is 133 Å². The van der Waals surface area contributed by atoms with E-state index in [-0.39, 0.29) is 28.6 Å². The number of nitrogens with zero attached hydrogens (tertiary/aromatic N) is 4. The Bertz CT molecular complexity index is 1460. The first-order chi connectivity index (χ1) is 16.5. The van der Waals surface area contributed by atoms with Crippen LogP contribution in [0.4, 0.5) is 24.9 Å². The lowest BCUT2D eigenvalue weighted by Gasteiger charge is -2.15. The van der Waals surface area contributed by atoms with Crippen molar-refractivity contribution in [3.63, 3.8) is 0 Å². The molecule has 0 atom stereocenters. The molecule has 4 aromatic rings. The third kappa shape index (κ3) is 5.99. The van der Waals surface area contributed by atoms with Gasteiger partial charge in [-0.15, -0.1) is 13.2 Å². The number of ether oxygens (including phenoxy) is 1. The van der Waals surface area contributed by atoms with Crippen molar-refractivity contribution in [2.75, 3.05) is 11.5 Å². The first kappa shape index (κ1) is 25.3. The maximum atomic E-state index is 12.9. The van der Waals surface area contributed by atoms with Gasteiger partial charge in [-0.2, -0.15) is 10.2 Å². The van der Waals surface area contributed by atoms with Crippen molar-refractivity contribution in [1.29, 1.82) is 5.26 Å². The van der Waals surface area contributed by atoms with E-state index in [9.17, 15) is 18.0 Å². The normalized spacial score (nSPS) is 10.9. The summed E-state index contributed by atoms with van der Waals surface area (Å²) in [6.45, 7) is 1.89. The molecule has 2 aromatic heterocycles. The molecule has 4 rings (SSSR count). The van der Waals surface area contributed by atoms with E-state index in [1.165, 1.54) is 35.0 Å². The summed E-state index contributed by atoms with van der Waals surface area (Å²) in [5.41, 5.74) is 11.5. The van der Waals surface area contributed by atoms with Crippen molar-refractivity contribution in [1.82, 2.24) is 14.5 Å². The fourth-order valence-electron chi connectivity index (χ4n) is 3.21. The van der Waals surface area contributed by atoms with E-state index in [0.717, 1.165) is 11.1 Å². The van der Waals surface area contributed by atoms with E-state index >= 15 is 0 Å². The largest absolute Gasteiger partial charge is 0.573 e. The Labute approximate surface area is 202 Å². The van der Waals surface area contributed by atoms with Crippen molar-refractivity contribution in [2.45, 2.75) is 19.7 Å². The summed E-state index contributed by atoms with van der Waals surface area (Å²) in [4.78, 5) is 20.1. The number of nitrogen functional groups attached to an aromatic ring is 2. The molecular weight excluding hydrogens is 485 g/mol. The van der Waals surface area contributed by atoms with E-state index < -0.39 is 6.36 Å². The van der Waals surface area contributed by atoms with Crippen molar-refractivity contribution in [3.05, 3.63) is 81.4 Å². The molecule has 0 unspecified atom stereocenters. The van der Waals surface area contributed by atoms with Gasteiger partial charge in [0.1, 0.15) is 23.2 Å². The molecule has 0 aliphatic carbocycles. The molecular formula is C23H18ClF3N6O2. The maximum Gasteiger partial charge on any atom is 0.573 e. The number of hydrogen-bond donors (Lipinski definition) is 2. The van der Waals surface area contributed by atoms with Gasteiger partial charge in [0.15, 0.2) is 0 Å². The lowest BCUT2D eigenvalue weighted by atomic mass is 10.1. The van der Waals surface area contributed by atoms with Gasteiger partial charge in [-0.1, -0.05) is 30.7 Å². The van der Waals surface area contributed by atoms with Gasteiger partial charge in [0.05, 0.1) is 16.6 Å². The average Bonchev–Trinajstić information content (AvgIpc) is 2.79. The van der Waals surface area contributed by atoms with Gasteiger partial charge in [-0.25, -0.2) is 4.98 Å². The summed E-state index contributed by atoms with van der Waals surface area (Å²) in [5.74, 6) is -0.146. The number of anilines is 2. The molecule has 4 N–H and O–H groups in total. The summed E-state index contributed by atoms with van der Waals surface area (Å²) < 4.78 is 42.1. The molecule has 2 aromatic carbocycles. The predicted octanol–water partition coefficient (Wildman–Crippen LogP) is 4.62. The lowest BCUT2D eigenvalue weighted by molar-refractivity contribution is -0.274. The first-order valence-electron chi connectivity index (χ1n) is 10.0. The second-order valence-corrected chi connectivity index (χ2v) is 7.42. The quantitative estimate of drug-likeness (QED) is 0.417. The van der Waals surface area contributed by atoms with E-state index in [0.29, 0.717) is 22.5 Å². The number of aryl methyl sites for hydroxylation is 1. The summed E-state index contributed by atoms with van der Waals surface area (Å²) in [5, 5.41) is 9.78. The van der Waals surface area contributed by atoms with Gasteiger partial charge >= 0.3 is 6.36 Å². The van der Waals surface area contributed by atoms with Crippen LogP contribution in [-0.2, 0) is 6.42 Å². The number of halogens is 4. The highest BCUT2D eigenvalue weighted by Crippen LogP contribution is 2.26. The molecule has 2 heterocycles. The van der Waals surface area contributed by atoms with Crippen LogP contribution >= 0.6 is 11.6 Å². The highest BCUT2D eigenvalue weighted by atomic mass is 35.5. The fraction of sp³-hybridized carbons (Fsp3) is 0.130. The second-order valence-electron chi connectivity index (χ2n) is 7.01. The predicted molar refractivity (Wildman–Crippen MR) is 126 cm³/mol. The molecule has 180 valence electrons. The van der Waals surface area contributed by atoms with Gasteiger partial charge in [-0.3, -0.25) is 9.36 Å². The van der Waals surface area contributed by atoms with Gasteiger partial charge < -0.3 is 16.2 Å². The molecule has 0 saturated heterocycles. The number of aromatic nitrogens is 3. The van der Waals surface area contributed by atoms with Crippen molar-refractivity contribution in [2.24, 2.45) is 0 Å². The minimum atomic E-state index is -4.76. The number of benzene rings is 2. The van der Waals surface area contributed by atoms with Gasteiger partial charge in [0.25, 0.3) is 5.56 Å². The van der Waals surface area contributed by atoms with Gasteiger partial charge in [0, 0.05) is 11.4 Å². The zero-order valence-corrected chi connectivity index (χ0v) is 18.9. The zero-order chi connectivity index (χ0) is 25.8. The second kappa shape index (κ2) is 10.3. The summed E-state index contributed by atoms with van der Waals surface area (Å²) in [6.07, 6.45) is -2.90. The lowest BCUT2D eigenvalue weighted by Crippen LogP contribution is -2.22. The van der Waals surface area contributed by atoms with E-state index in [4.69, 9.17) is 28.3 Å². The highest BCUT2D eigenvalue weighted by Gasteiger charge is 2.31. The third-order valence-electron chi connectivity index (χ3n) is 4.72. The van der Waals surface area contributed by atoms with Crippen LogP contribution in [-0.4, -0.2) is 20.9 Å². The summed E-state index contributed by atoms with van der Waals surface area (Å²) in [6, 6.07) is 14.0. The van der Waals surface area contributed by atoms with Crippen LogP contribution in [0.15, 0.2) is 59.5 Å². The van der Waals surface area contributed by atoms with Crippen molar-refractivity contribution < 1.29 is 17.9 Å². The van der Waals surface area contributed by atoms with Crippen molar-refractivity contribution in [3.8, 4) is 17.5 Å². The molecule has 0 fully saturated rings. The van der Waals surface area contributed by atoms with E-state index in [1.807, 2.05) is 19.1 Å². The zero-order valence-electron chi connectivity index (χ0n) is 18.2. The maximum absolute atomic E-state index is 12.9. The molecule has 0 saturated carbocycles. The van der Waals surface area contributed by atoms with Gasteiger partial charge in [-0.05, 0) is 48.2 Å². The van der Waals surface area contributed by atoms with Crippen LogP contribution in [0, 0.1) is 11.3 Å². The minimum absolute atomic E-state index is 0.0801.